The maximum absolute atomic E-state index is 12.1. The van der Waals surface area contributed by atoms with Gasteiger partial charge in [-0.2, -0.15) is 0 Å². The molecule has 7 heteroatoms. The van der Waals surface area contributed by atoms with E-state index in [-0.39, 0.29) is 35.8 Å². The molecule has 3 N–H and O–H groups in total. The van der Waals surface area contributed by atoms with Crippen LogP contribution >= 0.6 is 24.0 Å². The number of para-hydroxylation sites is 1. The third-order valence-corrected chi connectivity index (χ3v) is 4.66. The monoisotopic (exact) mass is 524 g/mol. The average Bonchev–Trinajstić information content (AvgIpc) is 2.74. The van der Waals surface area contributed by atoms with Crippen LogP contribution in [0.3, 0.4) is 0 Å². The van der Waals surface area contributed by atoms with Crippen LogP contribution in [-0.4, -0.2) is 25.5 Å². The summed E-state index contributed by atoms with van der Waals surface area (Å²) in [5.74, 6) is 1.62. The zero-order valence-corrected chi connectivity index (χ0v) is 20.5. The van der Waals surface area contributed by atoms with Crippen LogP contribution in [0.5, 0.6) is 5.75 Å². The fourth-order valence-corrected chi connectivity index (χ4v) is 2.74. The molecular formula is C23H33IN4O2. The summed E-state index contributed by atoms with van der Waals surface area (Å²) < 4.78 is 5.67. The number of carbonyl (C=O) groups excluding carboxylic acids is 1. The molecule has 0 aliphatic rings. The molecule has 0 radical (unpaired) electrons. The predicted molar refractivity (Wildman–Crippen MR) is 135 cm³/mol. The number of ether oxygens (including phenoxy) is 1. The van der Waals surface area contributed by atoms with E-state index in [0.717, 1.165) is 29.0 Å². The van der Waals surface area contributed by atoms with Crippen molar-refractivity contribution in [3.8, 4) is 5.75 Å². The van der Waals surface area contributed by atoms with Gasteiger partial charge in [-0.1, -0.05) is 44.2 Å². The molecule has 0 heterocycles. The summed E-state index contributed by atoms with van der Waals surface area (Å²) in [5.41, 5.74) is 2.94. The molecule has 164 valence electrons. The van der Waals surface area contributed by atoms with Crippen LogP contribution < -0.4 is 20.7 Å². The third kappa shape index (κ3) is 8.22. The molecule has 2 aromatic carbocycles. The van der Waals surface area contributed by atoms with Gasteiger partial charge in [-0.25, -0.2) is 0 Å². The zero-order chi connectivity index (χ0) is 21.1. The Hall–Kier alpha value is -2.29. The highest BCUT2D eigenvalue weighted by atomic mass is 127. The largest absolute Gasteiger partial charge is 0.494 e. The van der Waals surface area contributed by atoms with E-state index in [0.29, 0.717) is 25.7 Å². The highest BCUT2D eigenvalue weighted by Crippen LogP contribution is 2.17. The van der Waals surface area contributed by atoms with E-state index in [1.54, 1.807) is 7.05 Å². The lowest BCUT2D eigenvalue weighted by Crippen LogP contribution is -2.36. The van der Waals surface area contributed by atoms with Gasteiger partial charge in [0.1, 0.15) is 5.75 Å². The Morgan fingerprint density at radius 2 is 1.80 bits per heavy atom. The molecule has 0 saturated heterocycles. The molecule has 1 unspecified atom stereocenters. The number of halogens is 1. The summed E-state index contributed by atoms with van der Waals surface area (Å²) in [7, 11) is 1.74. The van der Waals surface area contributed by atoms with Crippen molar-refractivity contribution in [2.24, 2.45) is 10.9 Å². The molecule has 1 amide bonds. The second-order valence-corrected chi connectivity index (χ2v) is 6.82. The number of nitrogens with one attached hydrogen (secondary N) is 3. The van der Waals surface area contributed by atoms with E-state index >= 15 is 0 Å². The minimum Gasteiger partial charge on any atom is -0.494 e. The molecule has 2 aromatic rings. The molecule has 6 nitrogen and oxygen atoms in total. The molecule has 0 fully saturated rings. The standard InChI is InChI=1S/C23H32N4O2.HI/c1-5-17(3)22(28)27-20-12-9-10-18(14-20)15-25-23(24-4)26-16-19-11-7-8-13-21(19)29-6-2;/h7-14,17H,5-6,15-16H2,1-4H3,(H,27,28)(H2,24,25,26);1H. The molecule has 0 aliphatic carbocycles. The molecule has 0 bridgehead atoms. The minimum atomic E-state index is -0.000580. The number of benzene rings is 2. The van der Waals surface area contributed by atoms with Gasteiger partial charge in [0.15, 0.2) is 5.96 Å². The number of guanidine groups is 1. The Morgan fingerprint density at radius 1 is 1.07 bits per heavy atom. The van der Waals surface area contributed by atoms with Crippen molar-refractivity contribution in [2.45, 2.75) is 40.3 Å². The molecular weight excluding hydrogens is 491 g/mol. The number of anilines is 1. The van der Waals surface area contributed by atoms with E-state index in [9.17, 15) is 4.79 Å². The second kappa shape index (κ2) is 13.8. The molecule has 30 heavy (non-hydrogen) atoms. The number of rotatable bonds is 9. The Morgan fingerprint density at radius 3 is 2.50 bits per heavy atom. The highest BCUT2D eigenvalue weighted by Gasteiger charge is 2.10. The Balaban J connectivity index is 0.00000450. The number of nitrogens with zero attached hydrogens (tertiary/aromatic N) is 1. The van der Waals surface area contributed by atoms with Crippen LogP contribution in [0.25, 0.3) is 0 Å². The summed E-state index contributed by atoms with van der Waals surface area (Å²) in [6, 6.07) is 15.8. The van der Waals surface area contributed by atoms with E-state index in [1.807, 2.05) is 69.3 Å². The number of hydrogen-bond donors (Lipinski definition) is 3. The lowest BCUT2D eigenvalue weighted by atomic mass is 10.1. The van der Waals surface area contributed by atoms with Gasteiger partial charge in [0.05, 0.1) is 6.61 Å². The van der Waals surface area contributed by atoms with E-state index < -0.39 is 0 Å². The summed E-state index contributed by atoms with van der Waals surface area (Å²) in [4.78, 5) is 16.4. The van der Waals surface area contributed by atoms with E-state index in [2.05, 4.69) is 20.9 Å². The fraction of sp³-hybridized carbons (Fsp3) is 0.391. The SMILES string of the molecule is CCOc1ccccc1CNC(=NC)NCc1cccc(NC(=O)C(C)CC)c1.I. The number of hydrogen-bond acceptors (Lipinski definition) is 3. The lowest BCUT2D eigenvalue weighted by molar-refractivity contribution is -0.119. The van der Waals surface area contributed by atoms with Gasteiger partial charge in [0.25, 0.3) is 0 Å². The summed E-state index contributed by atoms with van der Waals surface area (Å²) in [6.07, 6.45) is 0.821. The van der Waals surface area contributed by atoms with Gasteiger partial charge >= 0.3 is 0 Å². The normalized spacial score (nSPS) is 11.8. The van der Waals surface area contributed by atoms with Crippen molar-refractivity contribution in [3.63, 3.8) is 0 Å². The number of aliphatic imine (C=N–C) groups is 1. The van der Waals surface area contributed by atoms with Gasteiger partial charge in [-0.3, -0.25) is 9.79 Å². The van der Waals surface area contributed by atoms with Gasteiger partial charge in [0.2, 0.25) is 5.91 Å². The summed E-state index contributed by atoms with van der Waals surface area (Å²) >= 11 is 0. The van der Waals surface area contributed by atoms with E-state index in [1.165, 1.54) is 0 Å². The molecule has 0 saturated carbocycles. The van der Waals surface area contributed by atoms with Crippen molar-refractivity contribution < 1.29 is 9.53 Å². The maximum atomic E-state index is 12.1. The Kier molecular flexibility index (Phi) is 11.9. The first-order chi connectivity index (χ1) is 14.1. The van der Waals surface area contributed by atoms with Gasteiger partial charge in [-0.15, -0.1) is 24.0 Å². The van der Waals surface area contributed by atoms with Crippen molar-refractivity contribution in [2.75, 3.05) is 19.0 Å². The minimum absolute atomic E-state index is 0. The first-order valence-electron chi connectivity index (χ1n) is 10.1. The molecule has 1 atom stereocenters. The maximum Gasteiger partial charge on any atom is 0.227 e. The smallest absolute Gasteiger partial charge is 0.227 e. The van der Waals surface area contributed by atoms with Crippen LogP contribution in [0.2, 0.25) is 0 Å². The first kappa shape index (κ1) is 25.7. The van der Waals surface area contributed by atoms with Crippen molar-refractivity contribution in [3.05, 3.63) is 59.7 Å². The second-order valence-electron chi connectivity index (χ2n) is 6.82. The van der Waals surface area contributed by atoms with Crippen LogP contribution in [0.4, 0.5) is 5.69 Å². The van der Waals surface area contributed by atoms with Crippen LogP contribution in [-0.2, 0) is 17.9 Å². The Labute approximate surface area is 196 Å². The predicted octanol–water partition coefficient (Wildman–Crippen LogP) is 4.55. The fourth-order valence-electron chi connectivity index (χ4n) is 2.74. The van der Waals surface area contributed by atoms with Gasteiger partial charge in [0, 0.05) is 37.3 Å². The zero-order valence-electron chi connectivity index (χ0n) is 18.2. The lowest BCUT2D eigenvalue weighted by Gasteiger charge is -2.15. The Bertz CT molecular complexity index is 826. The van der Waals surface area contributed by atoms with Crippen LogP contribution in [0, 0.1) is 5.92 Å². The van der Waals surface area contributed by atoms with Gasteiger partial charge < -0.3 is 20.7 Å². The molecule has 0 aliphatic heterocycles. The third-order valence-electron chi connectivity index (χ3n) is 4.66. The molecule has 2 rings (SSSR count). The first-order valence-corrected chi connectivity index (χ1v) is 10.1. The van der Waals surface area contributed by atoms with Gasteiger partial charge in [-0.05, 0) is 37.1 Å². The molecule has 0 spiro atoms. The quantitative estimate of drug-likeness (QED) is 0.256. The number of carbonyl (C=O) groups is 1. The summed E-state index contributed by atoms with van der Waals surface area (Å²) in [5, 5.41) is 9.59. The topological polar surface area (TPSA) is 74.8 Å². The average molecular weight is 524 g/mol. The van der Waals surface area contributed by atoms with Crippen molar-refractivity contribution in [1.82, 2.24) is 10.6 Å². The molecule has 0 aromatic heterocycles. The van der Waals surface area contributed by atoms with Crippen molar-refractivity contribution >= 4 is 41.5 Å². The van der Waals surface area contributed by atoms with Crippen LogP contribution in [0.1, 0.15) is 38.3 Å². The summed E-state index contributed by atoms with van der Waals surface area (Å²) in [6.45, 7) is 7.76. The van der Waals surface area contributed by atoms with Crippen LogP contribution in [0.15, 0.2) is 53.5 Å². The van der Waals surface area contributed by atoms with E-state index in [4.69, 9.17) is 4.74 Å². The number of amides is 1. The highest BCUT2D eigenvalue weighted by molar-refractivity contribution is 14.0. The van der Waals surface area contributed by atoms with Crippen molar-refractivity contribution in [1.29, 1.82) is 0 Å².